The van der Waals surface area contributed by atoms with Crippen molar-refractivity contribution in [2.24, 2.45) is 0 Å². The van der Waals surface area contributed by atoms with Crippen LogP contribution >= 0.6 is 0 Å². The van der Waals surface area contributed by atoms with E-state index in [1.54, 1.807) is 12.1 Å². The lowest BCUT2D eigenvalue weighted by molar-refractivity contribution is 0.720. The van der Waals surface area contributed by atoms with Crippen LogP contribution in [0.4, 0.5) is 0 Å². The van der Waals surface area contributed by atoms with Gasteiger partial charge in [-0.3, -0.25) is 0 Å². The van der Waals surface area contributed by atoms with Gasteiger partial charge in [-0.2, -0.15) is 0 Å². The number of nitrogens with zero attached hydrogens (tertiary/aromatic N) is 4. The van der Waals surface area contributed by atoms with Crippen LogP contribution < -0.4 is 0 Å². The average Bonchev–Trinajstić information content (AvgIpc) is 2.58. The molecule has 1 heterocycles. The van der Waals surface area contributed by atoms with E-state index in [1.165, 1.54) is 11.1 Å². The van der Waals surface area contributed by atoms with E-state index < -0.39 is 0 Å². The van der Waals surface area contributed by atoms with Crippen molar-refractivity contribution in [3.05, 3.63) is 36.7 Å². The molecule has 0 aliphatic heterocycles. The van der Waals surface area contributed by atoms with Gasteiger partial charge in [-0.1, -0.05) is 12.1 Å². The van der Waals surface area contributed by atoms with Gasteiger partial charge >= 0.3 is 0 Å². The first kappa shape index (κ1) is 6.03. The van der Waals surface area contributed by atoms with Crippen LogP contribution in [0, 0.1) is 6.07 Å². The predicted octanol–water partition coefficient (Wildman–Crippen LogP) is 0.462. The van der Waals surface area contributed by atoms with E-state index in [-0.39, 0.29) is 0 Å². The van der Waals surface area contributed by atoms with Gasteiger partial charge in [-0.25, -0.2) is 0 Å². The van der Waals surface area contributed by atoms with Gasteiger partial charge in [-0.05, 0) is 23.4 Å². The summed E-state index contributed by atoms with van der Waals surface area (Å²) in [5, 5.41) is 11.2. The molecule has 0 atom stereocenters. The summed E-state index contributed by atoms with van der Waals surface area (Å²) in [6, 6.07) is 10.2. The lowest BCUT2D eigenvalue weighted by atomic mass is 10.3. The standard InChI is InChI=1S/C7H5N4/c1-2-4-7(5-3-1)11-9-6-8-10-11/h2-6H. The van der Waals surface area contributed by atoms with E-state index >= 15 is 0 Å². The van der Waals surface area contributed by atoms with Crippen molar-refractivity contribution in [2.45, 2.75) is 0 Å². The van der Waals surface area contributed by atoms with Crippen molar-refractivity contribution in [2.75, 3.05) is 0 Å². The Balaban J connectivity index is 2.46. The average molecular weight is 145 g/mol. The van der Waals surface area contributed by atoms with E-state index in [9.17, 15) is 0 Å². The quantitative estimate of drug-likeness (QED) is 0.585. The summed E-state index contributed by atoms with van der Waals surface area (Å²) in [7, 11) is 0. The fourth-order valence-corrected chi connectivity index (χ4v) is 0.797. The highest BCUT2D eigenvalue weighted by Crippen LogP contribution is 1.99. The Morgan fingerprint density at radius 3 is 2.73 bits per heavy atom. The minimum atomic E-state index is 0.890. The molecule has 4 heteroatoms. The third kappa shape index (κ3) is 1.10. The van der Waals surface area contributed by atoms with Crippen LogP contribution in [0.5, 0.6) is 0 Å². The second kappa shape index (κ2) is 2.49. The summed E-state index contributed by atoms with van der Waals surface area (Å²) in [5.41, 5.74) is 0.890. The topological polar surface area (TPSA) is 43.6 Å². The number of rotatable bonds is 1. The van der Waals surface area contributed by atoms with Crippen LogP contribution in [0.15, 0.2) is 30.6 Å². The van der Waals surface area contributed by atoms with Crippen molar-refractivity contribution in [3.8, 4) is 5.69 Å². The fraction of sp³-hybridized carbons (Fsp3) is 0. The van der Waals surface area contributed by atoms with E-state index in [0.717, 1.165) is 5.69 Å². The van der Waals surface area contributed by atoms with E-state index in [4.69, 9.17) is 0 Å². The second-order valence-electron chi connectivity index (χ2n) is 1.98. The molecule has 53 valence electrons. The molecule has 1 aromatic heterocycles. The zero-order valence-corrected chi connectivity index (χ0v) is 5.68. The van der Waals surface area contributed by atoms with Gasteiger partial charge in [0, 0.05) is 0 Å². The predicted molar refractivity (Wildman–Crippen MR) is 38.0 cm³/mol. The normalized spacial score (nSPS) is 9.82. The highest BCUT2D eigenvalue weighted by Gasteiger charge is 1.93. The molecule has 0 saturated heterocycles. The zero-order valence-electron chi connectivity index (χ0n) is 5.68. The maximum atomic E-state index is 3.87. The van der Waals surface area contributed by atoms with Gasteiger partial charge in [0.05, 0.1) is 5.69 Å². The molecule has 0 aliphatic rings. The third-order valence-corrected chi connectivity index (χ3v) is 1.28. The molecular formula is C7H5N4. The number of benzene rings is 1. The molecule has 1 radical (unpaired) electrons. The molecule has 2 rings (SSSR count). The van der Waals surface area contributed by atoms with Crippen LogP contribution in [0.3, 0.4) is 0 Å². The summed E-state index contributed by atoms with van der Waals surface area (Å²) in [6.45, 7) is 0. The maximum absolute atomic E-state index is 3.87. The molecule has 0 aliphatic carbocycles. The largest absolute Gasteiger partial charge is 0.162 e. The van der Waals surface area contributed by atoms with Crippen LogP contribution in [0.25, 0.3) is 5.69 Å². The Hall–Kier alpha value is -1.71. The van der Waals surface area contributed by atoms with E-state index in [2.05, 4.69) is 21.5 Å². The SMILES string of the molecule is [c]1ccc(-n2ncnn2)cc1. The first-order valence-electron chi connectivity index (χ1n) is 3.16. The highest BCUT2D eigenvalue weighted by molar-refractivity contribution is 5.27. The smallest absolute Gasteiger partial charge is 0.135 e. The summed E-state index contributed by atoms with van der Waals surface area (Å²) >= 11 is 0. The van der Waals surface area contributed by atoms with Crippen molar-refractivity contribution >= 4 is 0 Å². The first-order valence-corrected chi connectivity index (χ1v) is 3.16. The summed E-state index contributed by atoms with van der Waals surface area (Å²) in [6.07, 6.45) is 1.40. The molecule has 0 spiro atoms. The lowest BCUT2D eigenvalue weighted by Gasteiger charge is -1.93. The molecular weight excluding hydrogens is 140 g/mol. The monoisotopic (exact) mass is 145 g/mol. The number of hydrogen-bond donors (Lipinski definition) is 0. The highest BCUT2D eigenvalue weighted by atomic mass is 15.6. The Kier molecular flexibility index (Phi) is 1.37. The third-order valence-electron chi connectivity index (χ3n) is 1.28. The Morgan fingerprint density at radius 2 is 2.09 bits per heavy atom. The van der Waals surface area contributed by atoms with Crippen LogP contribution in [0.1, 0.15) is 0 Å². The molecule has 0 bridgehead atoms. The van der Waals surface area contributed by atoms with Crippen molar-refractivity contribution in [1.82, 2.24) is 20.2 Å². The first-order chi connectivity index (χ1) is 5.47. The molecule has 2 aromatic rings. The molecule has 0 saturated carbocycles. The fourth-order valence-electron chi connectivity index (χ4n) is 0.797. The molecule has 1 aromatic carbocycles. The van der Waals surface area contributed by atoms with Gasteiger partial charge in [0.15, 0.2) is 6.33 Å². The van der Waals surface area contributed by atoms with Gasteiger partial charge in [0.2, 0.25) is 0 Å². The van der Waals surface area contributed by atoms with Gasteiger partial charge in [0.1, 0.15) is 0 Å². The zero-order chi connectivity index (χ0) is 7.52. The van der Waals surface area contributed by atoms with Crippen molar-refractivity contribution < 1.29 is 0 Å². The Labute approximate surface area is 63.5 Å². The van der Waals surface area contributed by atoms with Crippen LogP contribution in [-0.4, -0.2) is 20.2 Å². The molecule has 0 amide bonds. The molecule has 4 nitrogen and oxygen atoms in total. The van der Waals surface area contributed by atoms with Crippen molar-refractivity contribution in [1.29, 1.82) is 0 Å². The van der Waals surface area contributed by atoms with Crippen molar-refractivity contribution in [3.63, 3.8) is 0 Å². The summed E-state index contributed by atoms with van der Waals surface area (Å²) < 4.78 is 0. The van der Waals surface area contributed by atoms with Gasteiger partial charge in [-0.15, -0.1) is 15.0 Å². The summed E-state index contributed by atoms with van der Waals surface area (Å²) in [4.78, 5) is 1.45. The lowest BCUT2D eigenvalue weighted by Crippen LogP contribution is -1.97. The molecule has 0 unspecified atom stereocenters. The Bertz CT molecular complexity index is 313. The number of aromatic nitrogens is 4. The molecule has 11 heavy (non-hydrogen) atoms. The summed E-state index contributed by atoms with van der Waals surface area (Å²) in [5.74, 6) is 0. The number of hydrogen-bond acceptors (Lipinski definition) is 3. The van der Waals surface area contributed by atoms with Crippen LogP contribution in [0.2, 0.25) is 0 Å². The Morgan fingerprint density at radius 1 is 1.27 bits per heavy atom. The molecule has 0 fully saturated rings. The minimum Gasteiger partial charge on any atom is -0.135 e. The van der Waals surface area contributed by atoms with Gasteiger partial charge < -0.3 is 0 Å². The molecule has 0 N–H and O–H groups in total. The second-order valence-corrected chi connectivity index (χ2v) is 1.98. The van der Waals surface area contributed by atoms with Gasteiger partial charge in [0.25, 0.3) is 0 Å². The maximum Gasteiger partial charge on any atom is 0.162 e. The van der Waals surface area contributed by atoms with E-state index in [0.29, 0.717) is 0 Å². The minimum absolute atomic E-state index is 0.890. The van der Waals surface area contributed by atoms with Crippen LogP contribution in [-0.2, 0) is 0 Å². The number of tetrazole rings is 1. The van der Waals surface area contributed by atoms with E-state index in [1.807, 2.05) is 12.1 Å².